The van der Waals surface area contributed by atoms with Gasteiger partial charge in [0.15, 0.2) is 5.11 Å². The summed E-state index contributed by atoms with van der Waals surface area (Å²) in [4.78, 5) is 2.38. The van der Waals surface area contributed by atoms with E-state index in [0.29, 0.717) is 18.0 Å². The summed E-state index contributed by atoms with van der Waals surface area (Å²) in [5.41, 5.74) is 2.31. The first kappa shape index (κ1) is 18.1. The molecule has 1 aliphatic rings. The van der Waals surface area contributed by atoms with Crippen molar-refractivity contribution in [3.63, 3.8) is 0 Å². The third-order valence-corrected chi connectivity index (χ3v) is 5.07. The van der Waals surface area contributed by atoms with E-state index in [-0.39, 0.29) is 0 Å². The molecule has 4 heteroatoms. The normalized spacial score (nSPS) is 21.1. The first-order valence-electron chi connectivity index (χ1n) is 8.95. The molecule has 0 radical (unpaired) electrons. The van der Waals surface area contributed by atoms with Gasteiger partial charge < -0.3 is 15.5 Å². The molecule has 2 N–H and O–H groups in total. The molecule has 0 saturated heterocycles. The molecule has 0 spiro atoms. The van der Waals surface area contributed by atoms with Gasteiger partial charge in [0, 0.05) is 30.0 Å². The molecule has 1 saturated carbocycles. The van der Waals surface area contributed by atoms with Crippen molar-refractivity contribution in [3.05, 3.63) is 24.3 Å². The first-order valence-corrected chi connectivity index (χ1v) is 9.36. The summed E-state index contributed by atoms with van der Waals surface area (Å²) in [5.74, 6) is 0.704. The van der Waals surface area contributed by atoms with Crippen LogP contribution in [0, 0.1) is 5.92 Å². The van der Waals surface area contributed by atoms with Gasteiger partial charge in [-0.05, 0) is 76.0 Å². The maximum absolute atomic E-state index is 5.49. The number of rotatable bonds is 5. The van der Waals surface area contributed by atoms with Gasteiger partial charge in [-0.2, -0.15) is 0 Å². The minimum Gasteiger partial charge on any atom is -0.369 e. The van der Waals surface area contributed by atoms with Gasteiger partial charge in [-0.3, -0.25) is 0 Å². The number of nitrogens with one attached hydrogen (secondary N) is 2. The van der Waals surface area contributed by atoms with Gasteiger partial charge >= 0.3 is 0 Å². The minimum absolute atomic E-state index is 0.509. The number of thiocarbonyl (C=S) groups is 1. The van der Waals surface area contributed by atoms with Gasteiger partial charge in [0.1, 0.15) is 0 Å². The number of hydrogen-bond acceptors (Lipinski definition) is 2. The van der Waals surface area contributed by atoms with Crippen molar-refractivity contribution in [2.75, 3.05) is 16.8 Å². The molecule has 1 aliphatic carbocycles. The largest absolute Gasteiger partial charge is 0.369 e. The fourth-order valence-electron chi connectivity index (χ4n) is 3.45. The lowest BCUT2D eigenvalue weighted by Gasteiger charge is -2.30. The quantitative estimate of drug-likeness (QED) is 0.758. The number of nitrogens with zero attached hydrogens (tertiary/aromatic N) is 1. The first-order chi connectivity index (χ1) is 11.0. The molecule has 0 amide bonds. The van der Waals surface area contributed by atoms with Crippen LogP contribution < -0.4 is 15.5 Å². The average Bonchev–Trinajstić information content (AvgIpc) is 2.51. The van der Waals surface area contributed by atoms with Crippen LogP contribution in [0.1, 0.15) is 53.4 Å². The fraction of sp³-hybridized carbons (Fsp3) is 0.632. The Bertz CT molecular complexity index is 498. The van der Waals surface area contributed by atoms with Crippen LogP contribution in [0.5, 0.6) is 0 Å². The standard InChI is InChI=1S/C19H31N3S/c1-5-22(14(2)3)17-12-10-16(11-13-17)20-19(23)21-18-9-7-6-8-15(18)4/h10-15,18H,5-9H2,1-4H3,(H2,20,21,23)/t15-,18-/m0/s1. The van der Waals surface area contributed by atoms with E-state index >= 15 is 0 Å². The zero-order valence-electron chi connectivity index (χ0n) is 14.9. The zero-order chi connectivity index (χ0) is 16.8. The van der Waals surface area contributed by atoms with Gasteiger partial charge in [-0.1, -0.05) is 19.8 Å². The van der Waals surface area contributed by atoms with Crippen LogP contribution in [-0.4, -0.2) is 23.7 Å². The highest BCUT2D eigenvalue weighted by Crippen LogP contribution is 2.24. The monoisotopic (exact) mass is 333 g/mol. The second-order valence-electron chi connectivity index (χ2n) is 6.89. The van der Waals surface area contributed by atoms with Crippen LogP contribution in [0.3, 0.4) is 0 Å². The molecule has 23 heavy (non-hydrogen) atoms. The Morgan fingerprint density at radius 3 is 2.43 bits per heavy atom. The second kappa shape index (κ2) is 8.53. The SMILES string of the molecule is CCN(c1ccc(NC(=S)N[C@H]2CCCC[C@@H]2C)cc1)C(C)C. The van der Waals surface area contributed by atoms with Gasteiger partial charge in [-0.15, -0.1) is 0 Å². The zero-order valence-corrected chi connectivity index (χ0v) is 15.7. The van der Waals surface area contributed by atoms with E-state index in [1.807, 2.05) is 0 Å². The highest BCUT2D eigenvalue weighted by molar-refractivity contribution is 7.80. The molecular weight excluding hydrogens is 302 g/mol. The minimum atomic E-state index is 0.509. The van der Waals surface area contributed by atoms with Crippen LogP contribution in [0.25, 0.3) is 0 Å². The van der Waals surface area contributed by atoms with Crippen LogP contribution in [0.4, 0.5) is 11.4 Å². The Kier molecular flexibility index (Phi) is 6.70. The summed E-state index contributed by atoms with van der Waals surface area (Å²) in [6, 6.07) is 9.57. The van der Waals surface area contributed by atoms with Crippen LogP contribution >= 0.6 is 12.2 Å². The Labute approximate surface area is 146 Å². The van der Waals surface area contributed by atoms with Crippen LogP contribution in [-0.2, 0) is 0 Å². The predicted molar refractivity (Wildman–Crippen MR) is 105 cm³/mol. The summed E-state index contributed by atoms with van der Waals surface area (Å²) in [7, 11) is 0. The molecular formula is C19H31N3S. The van der Waals surface area contributed by atoms with Gasteiger partial charge in [0.25, 0.3) is 0 Å². The summed E-state index contributed by atoms with van der Waals surface area (Å²) >= 11 is 5.49. The molecule has 0 heterocycles. The van der Waals surface area contributed by atoms with Gasteiger partial charge in [-0.25, -0.2) is 0 Å². The molecule has 3 nitrogen and oxygen atoms in total. The molecule has 1 aromatic rings. The third kappa shape index (κ3) is 5.10. The molecule has 0 aliphatic heterocycles. The Morgan fingerprint density at radius 2 is 1.87 bits per heavy atom. The number of hydrogen-bond donors (Lipinski definition) is 2. The topological polar surface area (TPSA) is 27.3 Å². The Hall–Kier alpha value is -1.29. The second-order valence-corrected chi connectivity index (χ2v) is 7.30. The Balaban J connectivity index is 1.91. The molecule has 0 aromatic heterocycles. The van der Waals surface area contributed by atoms with E-state index in [9.17, 15) is 0 Å². The molecule has 1 fully saturated rings. The lowest BCUT2D eigenvalue weighted by atomic mass is 9.86. The number of anilines is 2. The van der Waals surface area contributed by atoms with E-state index in [2.05, 4.69) is 67.5 Å². The highest BCUT2D eigenvalue weighted by Gasteiger charge is 2.21. The maximum atomic E-state index is 5.49. The summed E-state index contributed by atoms with van der Waals surface area (Å²) in [5, 5.41) is 7.56. The van der Waals surface area contributed by atoms with Crippen LogP contribution in [0.15, 0.2) is 24.3 Å². The third-order valence-electron chi connectivity index (χ3n) is 4.85. The van der Waals surface area contributed by atoms with Crippen molar-refractivity contribution in [1.29, 1.82) is 0 Å². The smallest absolute Gasteiger partial charge is 0.171 e. The molecule has 2 rings (SSSR count). The van der Waals surface area contributed by atoms with E-state index in [4.69, 9.17) is 12.2 Å². The highest BCUT2D eigenvalue weighted by atomic mass is 32.1. The molecule has 0 unspecified atom stereocenters. The van der Waals surface area contributed by atoms with Gasteiger partial charge in [0.2, 0.25) is 0 Å². The molecule has 0 bridgehead atoms. The summed E-state index contributed by atoms with van der Waals surface area (Å²) in [6.07, 6.45) is 5.19. The lowest BCUT2D eigenvalue weighted by molar-refractivity contribution is 0.309. The van der Waals surface area contributed by atoms with E-state index < -0.39 is 0 Å². The molecule has 128 valence electrons. The number of benzene rings is 1. The van der Waals surface area contributed by atoms with Crippen LogP contribution in [0.2, 0.25) is 0 Å². The van der Waals surface area contributed by atoms with E-state index in [1.54, 1.807) is 0 Å². The van der Waals surface area contributed by atoms with Crippen molar-refractivity contribution in [1.82, 2.24) is 5.32 Å². The predicted octanol–water partition coefficient (Wildman–Crippen LogP) is 4.79. The van der Waals surface area contributed by atoms with E-state index in [1.165, 1.54) is 31.4 Å². The summed E-state index contributed by atoms with van der Waals surface area (Å²) < 4.78 is 0. The van der Waals surface area contributed by atoms with Crippen molar-refractivity contribution < 1.29 is 0 Å². The van der Waals surface area contributed by atoms with E-state index in [0.717, 1.165) is 17.3 Å². The summed E-state index contributed by atoms with van der Waals surface area (Å²) in [6.45, 7) is 9.97. The maximum Gasteiger partial charge on any atom is 0.171 e. The van der Waals surface area contributed by atoms with Crippen molar-refractivity contribution in [2.24, 2.45) is 5.92 Å². The molecule has 2 atom stereocenters. The van der Waals surface area contributed by atoms with Crippen molar-refractivity contribution in [2.45, 2.75) is 65.5 Å². The van der Waals surface area contributed by atoms with Crippen molar-refractivity contribution in [3.8, 4) is 0 Å². The fourth-order valence-corrected chi connectivity index (χ4v) is 3.72. The van der Waals surface area contributed by atoms with Gasteiger partial charge in [0.05, 0.1) is 0 Å². The lowest BCUT2D eigenvalue weighted by Crippen LogP contribution is -2.43. The average molecular weight is 334 g/mol. The Morgan fingerprint density at radius 1 is 1.22 bits per heavy atom. The molecule has 1 aromatic carbocycles. The van der Waals surface area contributed by atoms with Crippen molar-refractivity contribution >= 4 is 28.7 Å².